The molecule has 1 aromatic carbocycles. The Balaban J connectivity index is 2.43. The number of phenolic OH excluding ortho intramolecular Hbond substituents is 1. The monoisotopic (exact) mass is 439 g/mol. The van der Waals surface area contributed by atoms with Crippen molar-refractivity contribution in [2.75, 3.05) is 0 Å². The molecular weight excluding hydrogens is 432 g/mol. The largest absolute Gasteiger partial charge is 0.507 e. The van der Waals surface area contributed by atoms with E-state index in [1.54, 1.807) is 24.3 Å². The van der Waals surface area contributed by atoms with Crippen LogP contribution < -0.4 is 0 Å². The zero-order valence-corrected chi connectivity index (χ0v) is 12.3. The molecule has 82 valence electrons. The van der Waals surface area contributed by atoms with E-state index < -0.39 is 0 Å². The van der Waals surface area contributed by atoms with Gasteiger partial charge in [-0.15, -0.1) is 0 Å². The molecule has 0 atom stereocenters. The molecule has 0 amide bonds. The molecule has 3 nitrogen and oxygen atoms in total. The summed E-state index contributed by atoms with van der Waals surface area (Å²) in [4.78, 5) is 15.0. The van der Waals surface area contributed by atoms with Gasteiger partial charge in [0, 0.05) is 3.57 Å². The van der Waals surface area contributed by atoms with Crippen LogP contribution in [0.4, 0.5) is 0 Å². The average molecular weight is 439 g/mol. The van der Waals surface area contributed by atoms with Crippen molar-refractivity contribution in [3.8, 4) is 5.75 Å². The molecule has 0 aliphatic rings. The number of phenols is 1. The second-order valence-electron chi connectivity index (χ2n) is 3.19. The van der Waals surface area contributed by atoms with Crippen molar-refractivity contribution in [3.05, 3.63) is 48.9 Å². The molecule has 5 heteroatoms. The molecule has 0 aliphatic heterocycles. The Morgan fingerprint density at radius 3 is 2.50 bits per heavy atom. The Bertz CT molecular complexity index is 529. The lowest BCUT2D eigenvalue weighted by Crippen LogP contribution is -2.01. The molecule has 2 aromatic rings. The lowest BCUT2D eigenvalue weighted by atomic mass is 10.1. The maximum absolute atomic E-state index is 12.0. The van der Waals surface area contributed by atoms with Crippen LogP contribution in [0.5, 0.6) is 5.75 Å². The number of carbonyl (C=O) groups excluding carboxylic acids is 1. The van der Waals surface area contributed by atoms with Gasteiger partial charge in [0.1, 0.15) is 5.75 Å². The zero-order chi connectivity index (χ0) is 11.7. The van der Waals surface area contributed by atoms with E-state index >= 15 is 0 Å². The maximum Gasteiger partial charge on any atom is 0.212 e. The highest BCUT2D eigenvalue weighted by Gasteiger charge is 2.15. The summed E-state index contributed by atoms with van der Waals surface area (Å²) >= 11 is 4.28. The molecule has 1 heterocycles. The van der Waals surface area contributed by atoms with Crippen LogP contribution >= 0.6 is 45.2 Å². The van der Waals surface area contributed by atoms with Gasteiger partial charge in [-0.05, 0) is 63.4 Å². The van der Waals surface area contributed by atoms with Crippen LogP contribution in [-0.4, -0.2) is 15.9 Å². The van der Waals surface area contributed by atoms with Crippen molar-refractivity contribution in [3.63, 3.8) is 0 Å². The number of para-hydroxylation sites is 1. The number of ketones is 1. The Morgan fingerprint density at radius 2 is 1.94 bits per heavy atom. The Morgan fingerprint density at radius 1 is 1.25 bits per heavy atom. The predicted octanol–water partition coefficient (Wildman–Crippen LogP) is 3.16. The van der Waals surface area contributed by atoms with Crippen molar-refractivity contribution >= 4 is 51.0 Å². The van der Waals surface area contributed by atoms with Crippen molar-refractivity contribution in [2.24, 2.45) is 0 Å². The molecule has 16 heavy (non-hydrogen) atoms. The minimum absolute atomic E-state index is 0.00659. The number of rotatable bonds is 2. The third-order valence-electron chi connectivity index (χ3n) is 2.12. The van der Waals surface area contributed by atoms with Gasteiger partial charge in [-0.3, -0.25) is 4.79 Å². The lowest BCUT2D eigenvalue weighted by molar-refractivity contribution is 0.103. The molecule has 2 rings (SSSR count). The third-order valence-corrected chi connectivity index (χ3v) is 4.85. The minimum Gasteiger partial charge on any atom is -0.507 e. The van der Waals surface area contributed by atoms with Crippen LogP contribution in [0.15, 0.2) is 30.3 Å². The van der Waals surface area contributed by atoms with Gasteiger partial charge in [0.2, 0.25) is 5.78 Å². The molecule has 0 spiro atoms. The molecule has 0 radical (unpaired) electrons. The average Bonchev–Trinajstić information content (AvgIpc) is 2.59. The first-order chi connectivity index (χ1) is 7.59. The van der Waals surface area contributed by atoms with E-state index in [4.69, 9.17) is 0 Å². The summed E-state index contributed by atoms with van der Waals surface area (Å²) in [6, 6.07) is 8.31. The molecule has 1 aromatic heterocycles. The van der Waals surface area contributed by atoms with Crippen LogP contribution in [0.25, 0.3) is 0 Å². The minimum atomic E-state index is -0.195. The Kier molecular flexibility index (Phi) is 3.53. The second-order valence-corrected chi connectivity index (χ2v) is 5.43. The first-order valence-corrected chi connectivity index (χ1v) is 6.62. The summed E-state index contributed by atoms with van der Waals surface area (Å²) in [6.45, 7) is 0. The Labute approximate surface area is 120 Å². The summed E-state index contributed by atoms with van der Waals surface area (Å²) < 4.78 is 1.92. The van der Waals surface area contributed by atoms with Crippen molar-refractivity contribution < 1.29 is 9.90 Å². The number of aromatic hydroxyl groups is 1. The zero-order valence-electron chi connectivity index (χ0n) is 8.00. The van der Waals surface area contributed by atoms with Crippen molar-refractivity contribution in [1.82, 2.24) is 4.98 Å². The van der Waals surface area contributed by atoms with Crippen LogP contribution in [-0.2, 0) is 0 Å². The SMILES string of the molecule is O=C(c1cc(I)c(I)[nH]1)c1ccccc1O. The molecule has 0 fully saturated rings. The van der Waals surface area contributed by atoms with E-state index in [2.05, 4.69) is 50.2 Å². The first-order valence-electron chi connectivity index (χ1n) is 4.46. The van der Waals surface area contributed by atoms with E-state index in [1.807, 2.05) is 0 Å². The van der Waals surface area contributed by atoms with Gasteiger partial charge in [0.25, 0.3) is 0 Å². The van der Waals surface area contributed by atoms with Crippen LogP contribution in [0.1, 0.15) is 16.1 Å². The van der Waals surface area contributed by atoms with Crippen LogP contribution in [0.2, 0.25) is 0 Å². The number of hydrogen-bond donors (Lipinski definition) is 2. The number of carbonyl (C=O) groups is 1. The molecule has 0 saturated heterocycles. The first kappa shape index (κ1) is 11.9. The molecule has 2 N–H and O–H groups in total. The fraction of sp³-hybridized carbons (Fsp3) is 0. The molecular formula is C11H7I2NO2. The maximum atomic E-state index is 12.0. The molecule has 0 aliphatic carbocycles. The van der Waals surface area contributed by atoms with Gasteiger partial charge in [0.05, 0.1) is 15.0 Å². The van der Waals surface area contributed by atoms with Gasteiger partial charge in [0.15, 0.2) is 0 Å². The van der Waals surface area contributed by atoms with Gasteiger partial charge < -0.3 is 10.1 Å². The number of nitrogens with one attached hydrogen (secondary N) is 1. The summed E-state index contributed by atoms with van der Waals surface area (Å²) in [5.41, 5.74) is 0.812. The molecule has 0 bridgehead atoms. The number of halogens is 2. The van der Waals surface area contributed by atoms with E-state index in [0.717, 1.165) is 7.27 Å². The van der Waals surface area contributed by atoms with E-state index in [9.17, 15) is 9.90 Å². The number of aromatic amines is 1. The van der Waals surface area contributed by atoms with Crippen LogP contribution in [0, 0.1) is 7.27 Å². The van der Waals surface area contributed by atoms with E-state index in [1.165, 1.54) is 6.07 Å². The van der Waals surface area contributed by atoms with Crippen molar-refractivity contribution in [2.45, 2.75) is 0 Å². The normalized spacial score (nSPS) is 10.4. The highest BCUT2D eigenvalue weighted by atomic mass is 127. The van der Waals surface area contributed by atoms with Gasteiger partial charge in [-0.25, -0.2) is 0 Å². The quantitative estimate of drug-likeness (QED) is 0.559. The molecule has 0 unspecified atom stereocenters. The Hall–Kier alpha value is -0.570. The summed E-state index contributed by atoms with van der Waals surface area (Å²) in [7, 11) is 0. The lowest BCUT2D eigenvalue weighted by Gasteiger charge is -2.00. The fourth-order valence-corrected chi connectivity index (χ4v) is 2.23. The standard InChI is InChI=1S/C11H7I2NO2/c12-7-5-8(14-11(7)13)10(16)6-3-1-2-4-9(6)15/h1-5,14-15H. The van der Waals surface area contributed by atoms with Gasteiger partial charge in [-0.2, -0.15) is 0 Å². The van der Waals surface area contributed by atoms with Gasteiger partial charge in [-0.1, -0.05) is 12.1 Å². The second kappa shape index (κ2) is 4.74. The topological polar surface area (TPSA) is 53.1 Å². The van der Waals surface area contributed by atoms with E-state index in [-0.39, 0.29) is 11.5 Å². The smallest absolute Gasteiger partial charge is 0.212 e. The number of hydrogen-bond acceptors (Lipinski definition) is 2. The highest BCUT2D eigenvalue weighted by molar-refractivity contribution is 14.1. The van der Waals surface area contributed by atoms with Gasteiger partial charge >= 0.3 is 0 Å². The highest BCUT2D eigenvalue weighted by Crippen LogP contribution is 2.22. The summed E-state index contributed by atoms with van der Waals surface area (Å²) in [5.74, 6) is -0.189. The number of aromatic nitrogens is 1. The molecule has 0 saturated carbocycles. The number of benzene rings is 1. The third kappa shape index (κ3) is 2.24. The van der Waals surface area contributed by atoms with Crippen molar-refractivity contribution in [1.29, 1.82) is 0 Å². The summed E-state index contributed by atoms with van der Waals surface area (Å²) in [5, 5.41) is 9.58. The van der Waals surface area contributed by atoms with Crippen LogP contribution in [0.3, 0.4) is 0 Å². The fourth-order valence-electron chi connectivity index (χ4n) is 1.34. The summed E-state index contributed by atoms with van der Waals surface area (Å²) in [6.07, 6.45) is 0. The number of H-pyrrole nitrogens is 1. The predicted molar refractivity (Wildman–Crippen MR) is 77.8 cm³/mol. The van der Waals surface area contributed by atoms with E-state index in [0.29, 0.717) is 11.3 Å².